The quantitative estimate of drug-likeness (QED) is 0.478. The molecule has 0 bridgehead atoms. The van der Waals surface area contributed by atoms with E-state index in [1.54, 1.807) is 6.07 Å². The van der Waals surface area contributed by atoms with Gasteiger partial charge in [-0.1, -0.05) is 0 Å². The van der Waals surface area contributed by atoms with E-state index in [-0.39, 0.29) is 24.1 Å². The molecule has 1 aliphatic rings. The Bertz CT molecular complexity index is 1100. The molecule has 0 saturated heterocycles. The third kappa shape index (κ3) is 4.80. The third-order valence-electron chi connectivity index (χ3n) is 5.32. The molecule has 0 aliphatic heterocycles. The first kappa shape index (κ1) is 21.5. The van der Waals surface area contributed by atoms with E-state index in [0.29, 0.717) is 46.9 Å². The summed E-state index contributed by atoms with van der Waals surface area (Å²) in [7, 11) is 0. The Morgan fingerprint density at radius 1 is 1.29 bits per heavy atom. The number of rotatable bonds is 9. The van der Waals surface area contributed by atoms with Crippen LogP contribution in [0.4, 0.5) is 9.39 Å². The normalized spacial score (nSPS) is 12.8. The van der Waals surface area contributed by atoms with Crippen LogP contribution in [0.2, 0.25) is 0 Å². The number of carbonyl (C=O) groups is 2. The predicted molar refractivity (Wildman–Crippen MR) is 118 cm³/mol. The average molecular weight is 445 g/mol. The predicted octanol–water partition coefficient (Wildman–Crippen LogP) is 4.46. The molecule has 1 aromatic carbocycles. The Morgan fingerprint density at radius 3 is 3.00 bits per heavy atom. The van der Waals surface area contributed by atoms with Gasteiger partial charge in [-0.3, -0.25) is 9.59 Å². The molecule has 8 heteroatoms. The monoisotopic (exact) mass is 444 g/mol. The fraction of sp³-hybridized carbons (Fsp3) is 0.391. The highest BCUT2D eigenvalue weighted by atomic mass is 32.1. The maximum atomic E-state index is 13.6. The first-order valence-electron chi connectivity index (χ1n) is 10.5. The second-order valence-electron chi connectivity index (χ2n) is 7.49. The number of furan rings is 1. The van der Waals surface area contributed by atoms with E-state index in [0.717, 1.165) is 36.1 Å². The Kier molecular flexibility index (Phi) is 6.67. The van der Waals surface area contributed by atoms with Crippen LogP contribution in [-0.2, 0) is 28.8 Å². The summed E-state index contributed by atoms with van der Waals surface area (Å²) < 4.78 is 24.3. The highest BCUT2D eigenvalue weighted by molar-refractivity contribution is 7.17. The highest BCUT2D eigenvalue weighted by Crippen LogP contribution is 2.39. The second-order valence-corrected chi connectivity index (χ2v) is 8.60. The first-order valence-corrected chi connectivity index (χ1v) is 11.3. The van der Waals surface area contributed by atoms with Crippen LogP contribution in [0.25, 0.3) is 11.0 Å². The Balaban J connectivity index is 1.47. The Labute approximate surface area is 183 Å². The molecule has 0 radical (unpaired) electrons. The molecule has 0 fully saturated rings. The van der Waals surface area contributed by atoms with Crippen molar-refractivity contribution in [1.29, 1.82) is 0 Å². The molecule has 0 spiro atoms. The van der Waals surface area contributed by atoms with Crippen molar-refractivity contribution >= 4 is 39.1 Å². The molecule has 2 aromatic heterocycles. The van der Waals surface area contributed by atoms with Crippen LogP contribution in [0.15, 0.2) is 28.9 Å². The zero-order valence-corrected chi connectivity index (χ0v) is 18.2. The standard InChI is InChI=1S/C23H25FN2O4S/c1-2-29-10-4-9-25-22(28)21-16-5-3-6-19(16)31-23(21)26-20(27)11-14-13-30-18-8-7-15(24)12-17(14)18/h7-8,12-13H,2-6,9-11H2,1H3,(H,25,28)(H,26,27). The lowest BCUT2D eigenvalue weighted by molar-refractivity contribution is -0.115. The van der Waals surface area contributed by atoms with Gasteiger partial charge in [-0.15, -0.1) is 11.3 Å². The number of aryl methyl sites for hydroxylation is 1. The smallest absolute Gasteiger partial charge is 0.254 e. The van der Waals surface area contributed by atoms with Gasteiger partial charge in [0.25, 0.3) is 5.91 Å². The van der Waals surface area contributed by atoms with Crippen molar-refractivity contribution in [2.45, 2.75) is 39.0 Å². The van der Waals surface area contributed by atoms with Crippen LogP contribution in [-0.4, -0.2) is 31.6 Å². The zero-order chi connectivity index (χ0) is 21.8. The van der Waals surface area contributed by atoms with Crippen LogP contribution < -0.4 is 10.6 Å². The summed E-state index contributed by atoms with van der Waals surface area (Å²) in [5, 5.41) is 7.01. The number of nitrogens with one attached hydrogen (secondary N) is 2. The van der Waals surface area contributed by atoms with Gasteiger partial charge in [0.1, 0.15) is 16.4 Å². The molecule has 6 nitrogen and oxygen atoms in total. The molecular formula is C23H25FN2O4S. The first-order chi connectivity index (χ1) is 15.1. The molecule has 0 unspecified atom stereocenters. The summed E-state index contributed by atoms with van der Waals surface area (Å²) in [6, 6.07) is 4.23. The number of fused-ring (bicyclic) bond motifs is 2. The lowest BCUT2D eigenvalue weighted by Crippen LogP contribution is -2.27. The van der Waals surface area contributed by atoms with Crippen LogP contribution in [0.5, 0.6) is 0 Å². The lowest BCUT2D eigenvalue weighted by Gasteiger charge is -2.09. The topological polar surface area (TPSA) is 80.6 Å². The van der Waals surface area contributed by atoms with Crippen molar-refractivity contribution in [3.05, 3.63) is 51.8 Å². The second kappa shape index (κ2) is 9.62. The zero-order valence-electron chi connectivity index (χ0n) is 17.4. The van der Waals surface area contributed by atoms with Crippen molar-refractivity contribution in [2.75, 3.05) is 25.1 Å². The molecule has 4 rings (SSSR count). The largest absolute Gasteiger partial charge is 0.464 e. The number of benzene rings is 1. The summed E-state index contributed by atoms with van der Waals surface area (Å²) in [6.07, 6.45) is 5.03. The summed E-state index contributed by atoms with van der Waals surface area (Å²) in [5.41, 5.74) is 2.76. The minimum absolute atomic E-state index is 0.0361. The highest BCUT2D eigenvalue weighted by Gasteiger charge is 2.27. The molecule has 0 atom stereocenters. The molecule has 31 heavy (non-hydrogen) atoms. The van der Waals surface area contributed by atoms with Crippen molar-refractivity contribution in [3.63, 3.8) is 0 Å². The molecule has 2 heterocycles. The van der Waals surface area contributed by atoms with Crippen molar-refractivity contribution in [3.8, 4) is 0 Å². The van der Waals surface area contributed by atoms with Crippen LogP contribution >= 0.6 is 11.3 Å². The number of amides is 2. The minimum Gasteiger partial charge on any atom is -0.464 e. The van der Waals surface area contributed by atoms with Gasteiger partial charge in [-0.2, -0.15) is 0 Å². The molecular weight excluding hydrogens is 419 g/mol. The van der Waals surface area contributed by atoms with Crippen molar-refractivity contribution < 1.29 is 23.1 Å². The Morgan fingerprint density at radius 2 is 2.16 bits per heavy atom. The molecule has 0 saturated carbocycles. The third-order valence-corrected chi connectivity index (χ3v) is 6.53. The van der Waals surface area contributed by atoms with Gasteiger partial charge in [-0.05, 0) is 56.4 Å². The van der Waals surface area contributed by atoms with E-state index >= 15 is 0 Å². The number of hydrogen-bond donors (Lipinski definition) is 2. The number of carbonyl (C=O) groups excluding carboxylic acids is 2. The fourth-order valence-electron chi connectivity index (χ4n) is 3.88. The van der Waals surface area contributed by atoms with Gasteiger partial charge in [0, 0.05) is 35.6 Å². The summed E-state index contributed by atoms with van der Waals surface area (Å²) in [6.45, 7) is 3.70. The van der Waals surface area contributed by atoms with Gasteiger partial charge in [0.05, 0.1) is 18.2 Å². The lowest BCUT2D eigenvalue weighted by atomic mass is 10.1. The van der Waals surface area contributed by atoms with E-state index in [1.165, 1.54) is 29.7 Å². The van der Waals surface area contributed by atoms with Gasteiger partial charge < -0.3 is 19.8 Å². The van der Waals surface area contributed by atoms with E-state index in [1.807, 2.05) is 6.92 Å². The maximum Gasteiger partial charge on any atom is 0.254 e. The minimum atomic E-state index is -0.381. The summed E-state index contributed by atoms with van der Waals surface area (Å²) in [4.78, 5) is 26.8. The van der Waals surface area contributed by atoms with Gasteiger partial charge >= 0.3 is 0 Å². The summed E-state index contributed by atoms with van der Waals surface area (Å²) in [5.74, 6) is -0.812. The molecule has 2 amide bonds. The molecule has 3 aromatic rings. The Hall–Kier alpha value is -2.71. The van der Waals surface area contributed by atoms with Crippen LogP contribution in [0, 0.1) is 5.82 Å². The van der Waals surface area contributed by atoms with Crippen molar-refractivity contribution in [1.82, 2.24) is 5.32 Å². The molecule has 2 N–H and O–H groups in total. The van der Waals surface area contributed by atoms with E-state index in [9.17, 15) is 14.0 Å². The van der Waals surface area contributed by atoms with E-state index in [4.69, 9.17) is 9.15 Å². The van der Waals surface area contributed by atoms with Gasteiger partial charge in [-0.25, -0.2) is 4.39 Å². The maximum absolute atomic E-state index is 13.6. The van der Waals surface area contributed by atoms with E-state index < -0.39 is 0 Å². The van der Waals surface area contributed by atoms with Gasteiger partial charge in [0.15, 0.2) is 0 Å². The number of hydrogen-bond acceptors (Lipinski definition) is 5. The van der Waals surface area contributed by atoms with Crippen molar-refractivity contribution in [2.24, 2.45) is 0 Å². The molecule has 164 valence electrons. The fourth-order valence-corrected chi connectivity index (χ4v) is 5.18. The molecule has 1 aliphatic carbocycles. The average Bonchev–Trinajstić information content (AvgIpc) is 3.42. The number of anilines is 1. The number of thiophene rings is 1. The summed E-state index contributed by atoms with van der Waals surface area (Å²) >= 11 is 1.47. The SMILES string of the molecule is CCOCCCNC(=O)c1c(NC(=O)Cc2coc3ccc(F)cc23)sc2c1CCC2. The number of ether oxygens (including phenoxy) is 1. The number of halogens is 1. The van der Waals surface area contributed by atoms with Crippen LogP contribution in [0.3, 0.4) is 0 Å². The van der Waals surface area contributed by atoms with Crippen LogP contribution in [0.1, 0.15) is 46.1 Å². The van der Waals surface area contributed by atoms with E-state index in [2.05, 4.69) is 10.6 Å². The van der Waals surface area contributed by atoms with Gasteiger partial charge in [0.2, 0.25) is 5.91 Å².